The maximum Gasteiger partial charge on any atom is 0.162 e. The Hall–Kier alpha value is -1.07. The van der Waals surface area contributed by atoms with Gasteiger partial charge in [-0.2, -0.15) is 5.10 Å². The summed E-state index contributed by atoms with van der Waals surface area (Å²) in [5.74, 6) is 0.653. The second kappa shape index (κ2) is 4.90. The molecule has 1 aliphatic rings. The fraction of sp³-hybridized carbons (Fsp3) is 0.769. The molecule has 1 N–H and O–H groups in total. The third kappa shape index (κ3) is 2.24. The summed E-state index contributed by atoms with van der Waals surface area (Å²) >= 11 is 0. The van der Waals surface area contributed by atoms with Crippen molar-refractivity contribution in [2.75, 3.05) is 13.7 Å². The Morgan fingerprint density at radius 3 is 2.89 bits per heavy atom. The molecule has 1 aliphatic heterocycles. The number of methoxy groups -OCH3 is 1. The van der Waals surface area contributed by atoms with E-state index in [1.54, 1.807) is 13.3 Å². The first kappa shape index (κ1) is 13.4. The summed E-state index contributed by atoms with van der Waals surface area (Å²) in [7, 11) is 1.61. The molecule has 1 fully saturated rings. The molecule has 2 unspecified atom stereocenters. The average molecular weight is 254 g/mol. The van der Waals surface area contributed by atoms with Crippen LogP contribution in [0.15, 0.2) is 6.20 Å². The second-order valence-corrected chi connectivity index (χ2v) is 5.27. The Labute approximate surface area is 108 Å². The van der Waals surface area contributed by atoms with E-state index < -0.39 is 5.60 Å². The average Bonchev–Trinajstić information content (AvgIpc) is 2.73. The third-order valence-electron chi connectivity index (χ3n) is 3.45. The molecule has 0 aliphatic carbocycles. The third-order valence-corrected chi connectivity index (χ3v) is 3.45. The lowest BCUT2D eigenvalue weighted by atomic mass is 9.87. The van der Waals surface area contributed by atoms with E-state index in [0.717, 1.165) is 5.69 Å². The molecule has 0 radical (unpaired) electrons. The van der Waals surface area contributed by atoms with Gasteiger partial charge in [-0.15, -0.1) is 0 Å². The van der Waals surface area contributed by atoms with E-state index in [1.165, 1.54) is 0 Å². The number of ether oxygens (including phenoxy) is 2. The van der Waals surface area contributed by atoms with Crippen LogP contribution in [0.3, 0.4) is 0 Å². The second-order valence-electron chi connectivity index (χ2n) is 5.27. The monoisotopic (exact) mass is 254 g/mol. The number of hydrogen-bond acceptors (Lipinski definition) is 4. The van der Waals surface area contributed by atoms with Gasteiger partial charge in [0.15, 0.2) is 5.75 Å². The Bertz CT molecular complexity index is 416. The van der Waals surface area contributed by atoms with Crippen LogP contribution in [0.2, 0.25) is 0 Å². The summed E-state index contributed by atoms with van der Waals surface area (Å²) in [6.07, 6.45) is 2.87. The van der Waals surface area contributed by atoms with Gasteiger partial charge >= 0.3 is 0 Å². The summed E-state index contributed by atoms with van der Waals surface area (Å²) in [5, 5.41) is 15.2. The van der Waals surface area contributed by atoms with Crippen LogP contribution in [-0.4, -0.2) is 34.7 Å². The van der Waals surface area contributed by atoms with Gasteiger partial charge in [-0.05, 0) is 20.8 Å². The van der Waals surface area contributed by atoms with E-state index in [2.05, 4.69) is 5.10 Å². The minimum Gasteiger partial charge on any atom is -0.493 e. The van der Waals surface area contributed by atoms with Crippen molar-refractivity contribution in [3.8, 4) is 5.75 Å². The molecule has 18 heavy (non-hydrogen) atoms. The van der Waals surface area contributed by atoms with Gasteiger partial charge in [-0.3, -0.25) is 4.68 Å². The normalized spacial score (nSPS) is 28.7. The van der Waals surface area contributed by atoms with Crippen molar-refractivity contribution < 1.29 is 14.6 Å². The molecule has 0 spiro atoms. The van der Waals surface area contributed by atoms with Gasteiger partial charge < -0.3 is 14.6 Å². The molecular weight excluding hydrogens is 232 g/mol. The predicted molar refractivity (Wildman–Crippen MR) is 67.7 cm³/mol. The molecule has 2 heterocycles. The molecule has 1 saturated heterocycles. The van der Waals surface area contributed by atoms with Gasteiger partial charge in [0, 0.05) is 18.9 Å². The molecular formula is C13H22N2O3. The van der Waals surface area contributed by atoms with Crippen LogP contribution in [0.25, 0.3) is 0 Å². The van der Waals surface area contributed by atoms with Crippen LogP contribution >= 0.6 is 0 Å². The highest BCUT2D eigenvalue weighted by molar-refractivity contribution is 5.31. The zero-order valence-electron chi connectivity index (χ0n) is 11.5. The van der Waals surface area contributed by atoms with Crippen LogP contribution in [0.5, 0.6) is 5.75 Å². The van der Waals surface area contributed by atoms with Crippen molar-refractivity contribution in [3.05, 3.63) is 11.9 Å². The fourth-order valence-electron chi connectivity index (χ4n) is 2.61. The molecule has 1 aromatic heterocycles. The lowest BCUT2D eigenvalue weighted by Gasteiger charge is -2.36. The molecule has 0 bridgehead atoms. The van der Waals surface area contributed by atoms with Crippen molar-refractivity contribution in [3.63, 3.8) is 0 Å². The number of hydrogen-bond donors (Lipinski definition) is 1. The SMILES string of the molecule is COc1cnn(C(C)C)c1C1(O)CCOC(C)C1. The number of aliphatic hydroxyl groups is 1. The van der Waals surface area contributed by atoms with E-state index in [0.29, 0.717) is 25.2 Å². The van der Waals surface area contributed by atoms with Gasteiger partial charge in [-0.25, -0.2) is 0 Å². The Morgan fingerprint density at radius 2 is 2.33 bits per heavy atom. The number of rotatable bonds is 3. The maximum atomic E-state index is 10.9. The predicted octanol–water partition coefficient (Wildman–Crippen LogP) is 1.86. The smallest absolute Gasteiger partial charge is 0.162 e. The molecule has 0 aromatic carbocycles. The minimum atomic E-state index is -0.913. The molecule has 0 amide bonds. The van der Waals surface area contributed by atoms with Gasteiger partial charge in [0.05, 0.1) is 26.0 Å². The molecule has 0 saturated carbocycles. The maximum absolute atomic E-state index is 10.9. The van der Waals surface area contributed by atoms with E-state index in [-0.39, 0.29) is 12.1 Å². The highest BCUT2D eigenvalue weighted by Gasteiger charge is 2.40. The van der Waals surface area contributed by atoms with E-state index in [1.807, 2.05) is 25.5 Å². The van der Waals surface area contributed by atoms with Crippen molar-refractivity contribution >= 4 is 0 Å². The molecule has 102 valence electrons. The minimum absolute atomic E-state index is 0.0453. The molecule has 1 aromatic rings. The number of aromatic nitrogens is 2. The first-order chi connectivity index (χ1) is 8.48. The van der Waals surface area contributed by atoms with Crippen molar-refractivity contribution in [1.82, 2.24) is 9.78 Å². The van der Waals surface area contributed by atoms with E-state index in [9.17, 15) is 5.11 Å². The largest absolute Gasteiger partial charge is 0.493 e. The first-order valence-corrected chi connectivity index (χ1v) is 6.44. The molecule has 2 rings (SSSR count). The quantitative estimate of drug-likeness (QED) is 0.894. The van der Waals surface area contributed by atoms with E-state index in [4.69, 9.17) is 9.47 Å². The highest BCUT2D eigenvalue weighted by atomic mass is 16.5. The van der Waals surface area contributed by atoms with Crippen LogP contribution in [0, 0.1) is 0 Å². The Kier molecular flexibility index (Phi) is 3.64. The van der Waals surface area contributed by atoms with Crippen LogP contribution < -0.4 is 4.74 Å². The summed E-state index contributed by atoms with van der Waals surface area (Å²) in [6.45, 7) is 6.63. The Morgan fingerprint density at radius 1 is 1.61 bits per heavy atom. The van der Waals surface area contributed by atoms with Crippen molar-refractivity contribution in [2.45, 2.75) is 51.4 Å². The zero-order chi connectivity index (χ0) is 13.3. The molecule has 5 heteroatoms. The van der Waals surface area contributed by atoms with Crippen molar-refractivity contribution in [1.29, 1.82) is 0 Å². The van der Waals surface area contributed by atoms with Gasteiger partial charge in [0.2, 0.25) is 0 Å². The zero-order valence-corrected chi connectivity index (χ0v) is 11.5. The lowest BCUT2D eigenvalue weighted by Crippen LogP contribution is -2.39. The number of nitrogens with zero attached hydrogens (tertiary/aromatic N) is 2. The summed E-state index contributed by atoms with van der Waals surface area (Å²) in [6, 6.07) is 0.186. The lowest BCUT2D eigenvalue weighted by molar-refractivity contribution is -0.107. The van der Waals surface area contributed by atoms with Crippen LogP contribution in [0.1, 0.15) is 45.3 Å². The fourth-order valence-corrected chi connectivity index (χ4v) is 2.61. The summed E-state index contributed by atoms with van der Waals surface area (Å²) < 4.78 is 12.7. The standard InChI is InChI=1S/C13H22N2O3/c1-9(2)15-12(11(17-4)8-14-15)13(16)5-6-18-10(3)7-13/h8-10,16H,5-7H2,1-4H3. The van der Waals surface area contributed by atoms with Crippen LogP contribution in [-0.2, 0) is 10.3 Å². The van der Waals surface area contributed by atoms with Crippen molar-refractivity contribution in [2.24, 2.45) is 0 Å². The first-order valence-electron chi connectivity index (χ1n) is 6.44. The van der Waals surface area contributed by atoms with Gasteiger partial charge in [-0.1, -0.05) is 0 Å². The highest BCUT2D eigenvalue weighted by Crippen LogP contribution is 2.40. The van der Waals surface area contributed by atoms with Crippen LogP contribution in [0.4, 0.5) is 0 Å². The van der Waals surface area contributed by atoms with Gasteiger partial charge in [0.25, 0.3) is 0 Å². The molecule has 5 nitrogen and oxygen atoms in total. The van der Waals surface area contributed by atoms with E-state index >= 15 is 0 Å². The summed E-state index contributed by atoms with van der Waals surface area (Å²) in [4.78, 5) is 0. The summed E-state index contributed by atoms with van der Waals surface area (Å²) in [5.41, 5.74) is -0.140. The Balaban J connectivity index is 2.44. The van der Waals surface area contributed by atoms with Gasteiger partial charge in [0.1, 0.15) is 11.3 Å². The molecule has 2 atom stereocenters. The topological polar surface area (TPSA) is 56.5 Å².